The number of aromatic nitrogens is 9. The fraction of sp³-hybridized carbons (Fsp3) is 0.0612. The molecule has 0 radical (unpaired) electrons. The molecule has 19 heteroatoms. The molecule has 7 aromatic heterocycles. The molecule has 7 heterocycles. The Bertz CT molecular complexity index is 3080. The van der Waals surface area contributed by atoms with Gasteiger partial charge in [0.25, 0.3) is 17.7 Å². The Morgan fingerprint density at radius 2 is 1.19 bits per heavy atom. The van der Waals surface area contributed by atoms with E-state index in [0.29, 0.717) is 68.9 Å². The summed E-state index contributed by atoms with van der Waals surface area (Å²) in [5, 5.41) is 9.87. The normalized spacial score (nSPS) is 10.2. The summed E-state index contributed by atoms with van der Waals surface area (Å²) >= 11 is 1.36. The van der Waals surface area contributed by atoms with Gasteiger partial charge in [-0.25, -0.2) is 24.9 Å². The van der Waals surface area contributed by atoms with Crippen LogP contribution in [-0.4, -0.2) is 62.6 Å². The van der Waals surface area contributed by atoms with Crippen molar-refractivity contribution in [2.75, 3.05) is 16.0 Å². The second-order valence-corrected chi connectivity index (χ2v) is 14.9. The molecule has 0 aliphatic rings. The highest BCUT2D eigenvalue weighted by molar-refractivity contribution is 7.07. The maximum Gasteiger partial charge on any atom is 0.275 e. The topological polar surface area (TPSA) is 231 Å². The number of carbonyl (C=O) groups is 3. The quantitative estimate of drug-likeness (QED) is 0.103. The average Bonchev–Trinajstić information content (AvgIpc) is 3.90. The zero-order chi connectivity index (χ0) is 47.5. The van der Waals surface area contributed by atoms with Gasteiger partial charge in [-0.3, -0.25) is 29.3 Å². The van der Waals surface area contributed by atoms with E-state index in [0.717, 1.165) is 16.8 Å². The molecule has 0 fully saturated rings. The van der Waals surface area contributed by atoms with E-state index in [1.807, 2.05) is 69.3 Å². The molecule has 0 atom stereocenters. The average molecular weight is 925 g/mol. The minimum absolute atomic E-state index is 0.208. The van der Waals surface area contributed by atoms with Gasteiger partial charge < -0.3 is 30.2 Å². The van der Waals surface area contributed by atoms with E-state index in [1.54, 1.807) is 84.1 Å². The molecule has 0 bridgehead atoms. The van der Waals surface area contributed by atoms with E-state index in [9.17, 15) is 14.4 Å². The summed E-state index contributed by atoms with van der Waals surface area (Å²) in [7, 11) is 0. The Hall–Kier alpha value is -9.36. The number of ether oxygens (including phenoxy) is 3. The van der Waals surface area contributed by atoms with E-state index in [2.05, 4.69) is 60.8 Å². The first kappa shape index (κ1) is 46.6. The number of hydrogen-bond acceptors (Lipinski definition) is 16. The molecule has 0 aliphatic carbocycles. The minimum atomic E-state index is -0.293. The Labute approximate surface area is 393 Å². The SMILES string of the molecule is Cc1cccc(C(=O)Nc2cc(Oc3cccnc3)ncn2)c1.Cc1cccc(C(=O)Nc2cccc(Oc3ccc(C)nc3)n2)c1.O=C(Nc1cncc(Oc2cncnc2)c1)c1cscn1. The van der Waals surface area contributed by atoms with Crippen molar-refractivity contribution in [2.24, 2.45) is 0 Å². The van der Waals surface area contributed by atoms with Gasteiger partial charge in [0, 0.05) is 46.6 Å². The Kier molecular flexibility index (Phi) is 16.1. The van der Waals surface area contributed by atoms with Gasteiger partial charge in [-0.15, -0.1) is 11.3 Å². The molecule has 9 aromatic rings. The van der Waals surface area contributed by atoms with Crippen molar-refractivity contribution in [1.82, 2.24) is 44.9 Å². The van der Waals surface area contributed by atoms with Crippen LogP contribution in [0.5, 0.6) is 34.8 Å². The lowest BCUT2D eigenvalue weighted by Crippen LogP contribution is -2.13. The molecular weight excluding hydrogens is 885 g/mol. The van der Waals surface area contributed by atoms with Gasteiger partial charge in [-0.2, -0.15) is 4.98 Å². The van der Waals surface area contributed by atoms with E-state index in [4.69, 9.17) is 14.2 Å². The molecule has 0 saturated heterocycles. The molecule has 68 heavy (non-hydrogen) atoms. The lowest BCUT2D eigenvalue weighted by molar-refractivity contribution is 0.101. The summed E-state index contributed by atoms with van der Waals surface area (Å²) in [6, 6.07) is 30.3. The lowest BCUT2D eigenvalue weighted by atomic mass is 10.1. The number of carbonyl (C=O) groups excluding carboxylic acids is 3. The fourth-order valence-electron chi connectivity index (χ4n) is 5.66. The van der Waals surface area contributed by atoms with Crippen LogP contribution in [0.2, 0.25) is 0 Å². The third-order valence-electron chi connectivity index (χ3n) is 8.78. The Balaban J connectivity index is 0.000000151. The standard InChI is InChI=1S/C19H17N3O2.C17H14N4O2.C13H9N5O2S/c1-13-5-3-6-15(11-13)19(23)22-17-7-4-8-18(21-17)24-16-10-9-14(2)20-12-16;1-12-4-2-5-13(8-12)17(22)21-15-9-16(20-11-19-15)23-14-6-3-7-18-10-14;19-13(12-6-21-8-17-12)18-9-1-10(3-14-2-9)20-11-4-15-7-16-5-11/h3-12H,1-2H3,(H,21,22,23);2-11H,1H3,(H,19,20,21,22);1-8H,(H,18,19). The van der Waals surface area contributed by atoms with Crippen LogP contribution < -0.4 is 30.2 Å². The molecule has 3 N–H and O–H groups in total. The van der Waals surface area contributed by atoms with E-state index >= 15 is 0 Å². The van der Waals surface area contributed by atoms with E-state index < -0.39 is 0 Å². The van der Waals surface area contributed by atoms with Crippen molar-refractivity contribution < 1.29 is 28.6 Å². The molecular formula is C49H40N12O6S. The molecule has 0 unspecified atom stereocenters. The number of hydrogen-bond donors (Lipinski definition) is 3. The lowest BCUT2D eigenvalue weighted by Gasteiger charge is -2.08. The van der Waals surface area contributed by atoms with Crippen molar-refractivity contribution in [3.05, 3.63) is 204 Å². The zero-order valence-electron chi connectivity index (χ0n) is 36.5. The van der Waals surface area contributed by atoms with E-state index in [-0.39, 0.29) is 17.7 Å². The summed E-state index contributed by atoms with van der Waals surface area (Å²) in [5.41, 5.74) is 6.59. The number of aryl methyl sites for hydroxylation is 3. The van der Waals surface area contributed by atoms with Crippen LogP contribution in [0, 0.1) is 20.8 Å². The number of rotatable bonds is 12. The van der Waals surface area contributed by atoms with Crippen molar-refractivity contribution in [2.45, 2.75) is 20.8 Å². The van der Waals surface area contributed by atoms with Crippen molar-refractivity contribution in [3.8, 4) is 34.8 Å². The zero-order valence-corrected chi connectivity index (χ0v) is 37.4. The Morgan fingerprint density at radius 1 is 0.500 bits per heavy atom. The molecule has 0 saturated carbocycles. The van der Waals surface area contributed by atoms with Crippen LogP contribution in [0.15, 0.2) is 170 Å². The van der Waals surface area contributed by atoms with Crippen LogP contribution >= 0.6 is 11.3 Å². The highest BCUT2D eigenvalue weighted by Gasteiger charge is 2.12. The number of pyridine rings is 4. The largest absolute Gasteiger partial charge is 0.452 e. The maximum atomic E-state index is 12.3. The molecule has 3 amide bonds. The van der Waals surface area contributed by atoms with Crippen molar-refractivity contribution in [1.29, 1.82) is 0 Å². The summed E-state index contributed by atoms with van der Waals surface area (Å²) in [5.74, 6) is 2.89. The molecule has 0 spiro atoms. The van der Waals surface area contributed by atoms with Crippen LogP contribution in [-0.2, 0) is 0 Å². The fourth-order valence-corrected chi connectivity index (χ4v) is 6.19. The first-order valence-electron chi connectivity index (χ1n) is 20.4. The number of anilines is 3. The van der Waals surface area contributed by atoms with E-state index in [1.165, 1.54) is 48.8 Å². The molecule has 338 valence electrons. The summed E-state index contributed by atoms with van der Waals surface area (Å²) in [6.45, 7) is 5.78. The van der Waals surface area contributed by atoms with Gasteiger partial charge in [0.2, 0.25) is 11.8 Å². The van der Waals surface area contributed by atoms with Gasteiger partial charge in [0.15, 0.2) is 5.75 Å². The smallest absolute Gasteiger partial charge is 0.275 e. The van der Waals surface area contributed by atoms with Crippen LogP contribution in [0.1, 0.15) is 48.0 Å². The van der Waals surface area contributed by atoms with Gasteiger partial charge in [0.05, 0.1) is 48.4 Å². The second-order valence-electron chi connectivity index (χ2n) is 14.2. The monoisotopic (exact) mass is 924 g/mol. The molecule has 2 aromatic carbocycles. The predicted molar refractivity (Wildman–Crippen MR) is 254 cm³/mol. The number of thiazole rings is 1. The molecule has 18 nitrogen and oxygen atoms in total. The number of amides is 3. The van der Waals surface area contributed by atoms with Gasteiger partial charge >= 0.3 is 0 Å². The first-order valence-corrected chi connectivity index (χ1v) is 21.4. The number of nitrogens with one attached hydrogen (secondary N) is 3. The van der Waals surface area contributed by atoms with Crippen LogP contribution in [0.3, 0.4) is 0 Å². The van der Waals surface area contributed by atoms with Gasteiger partial charge in [0.1, 0.15) is 47.2 Å². The third-order valence-corrected chi connectivity index (χ3v) is 9.37. The van der Waals surface area contributed by atoms with Crippen LogP contribution in [0.4, 0.5) is 17.3 Å². The maximum absolute atomic E-state index is 12.3. The van der Waals surface area contributed by atoms with Gasteiger partial charge in [-0.1, -0.05) is 41.5 Å². The number of benzene rings is 2. The van der Waals surface area contributed by atoms with Crippen molar-refractivity contribution >= 4 is 46.4 Å². The van der Waals surface area contributed by atoms with Crippen molar-refractivity contribution in [3.63, 3.8) is 0 Å². The highest BCUT2D eigenvalue weighted by Crippen LogP contribution is 2.24. The number of nitrogens with zero attached hydrogens (tertiary/aromatic N) is 9. The molecule has 9 rings (SSSR count). The van der Waals surface area contributed by atoms with Crippen LogP contribution in [0.25, 0.3) is 0 Å². The highest BCUT2D eigenvalue weighted by atomic mass is 32.1. The predicted octanol–water partition coefficient (Wildman–Crippen LogP) is 9.74. The minimum Gasteiger partial charge on any atom is -0.452 e. The molecule has 0 aliphatic heterocycles. The summed E-state index contributed by atoms with van der Waals surface area (Å²) in [4.78, 5) is 72.5. The Morgan fingerprint density at radius 3 is 1.87 bits per heavy atom. The first-order chi connectivity index (χ1) is 33.1. The second kappa shape index (κ2) is 23.5. The summed E-state index contributed by atoms with van der Waals surface area (Å²) in [6.07, 6.45) is 13.7. The third kappa shape index (κ3) is 14.6. The summed E-state index contributed by atoms with van der Waals surface area (Å²) < 4.78 is 16.8. The van der Waals surface area contributed by atoms with Gasteiger partial charge in [-0.05, 0) is 75.4 Å².